The smallest absolute Gasteiger partial charge is 0.229 e. The van der Waals surface area contributed by atoms with Crippen molar-refractivity contribution in [2.75, 3.05) is 5.32 Å². The van der Waals surface area contributed by atoms with Crippen molar-refractivity contribution in [3.8, 4) is 12.1 Å². The number of halogens is 2. The highest BCUT2D eigenvalue weighted by atomic mass is 79.9. The summed E-state index contributed by atoms with van der Waals surface area (Å²) in [5, 5.41) is 20.8. The predicted molar refractivity (Wildman–Crippen MR) is 79.4 cm³/mol. The van der Waals surface area contributed by atoms with E-state index in [1.54, 1.807) is 20.8 Å². The van der Waals surface area contributed by atoms with Gasteiger partial charge in [0.05, 0.1) is 21.3 Å². The Morgan fingerprint density at radius 3 is 2.26 bits per heavy atom. The molecule has 0 aliphatic carbocycles. The second-order valence-corrected chi connectivity index (χ2v) is 6.54. The molecule has 1 amide bonds. The van der Waals surface area contributed by atoms with Crippen LogP contribution in [0.5, 0.6) is 0 Å². The van der Waals surface area contributed by atoms with Crippen LogP contribution in [0.25, 0.3) is 0 Å². The molecule has 4 nitrogen and oxygen atoms in total. The van der Waals surface area contributed by atoms with Crippen LogP contribution in [0.2, 0.25) is 0 Å². The average molecular weight is 385 g/mol. The Kier molecular flexibility index (Phi) is 4.73. The molecular weight excluding hydrogens is 374 g/mol. The molecule has 0 saturated heterocycles. The number of hydrogen-bond donors (Lipinski definition) is 1. The number of carbonyl (C=O) groups excluding carboxylic acids is 1. The first-order chi connectivity index (χ1) is 8.72. The first kappa shape index (κ1) is 15.7. The van der Waals surface area contributed by atoms with Crippen molar-refractivity contribution >= 4 is 43.5 Å². The number of amides is 1. The number of nitrogens with one attached hydrogen (secondary N) is 1. The zero-order valence-corrected chi connectivity index (χ0v) is 13.8. The third kappa shape index (κ3) is 3.34. The number of hydrogen-bond acceptors (Lipinski definition) is 3. The van der Waals surface area contributed by atoms with E-state index in [1.807, 2.05) is 12.1 Å². The van der Waals surface area contributed by atoms with E-state index in [9.17, 15) is 4.79 Å². The number of anilines is 1. The Hall–Kier alpha value is -1.37. The highest BCUT2D eigenvalue weighted by Crippen LogP contribution is 2.36. The summed E-state index contributed by atoms with van der Waals surface area (Å²) in [6.07, 6.45) is 0. The summed E-state index contributed by atoms with van der Waals surface area (Å²) in [5.41, 5.74) is 0.347. The van der Waals surface area contributed by atoms with Crippen molar-refractivity contribution in [3.63, 3.8) is 0 Å². The minimum Gasteiger partial charge on any atom is -0.324 e. The molecule has 0 fully saturated rings. The van der Waals surface area contributed by atoms with Crippen molar-refractivity contribution in [1.82, 2.24) is 0 Å². The summed E-state index contributed by atoms with van der Waals surface area (Å²) in [5.74, 6) is -0.178. The molecule has 6 heteroatoms. The fourth-order valence-corrected chi connectivity index (χ4v) is 2.64. The molecule has 1 aromatic rings. The molecule has 1 rings (SSSR count). The van der Waals surface area contributed by atoms with Gasteiger partial charge in [-0.05, 0) is 37.9 Å². The third-order valence-corrected chi connectivity index (χ3v) is 3.79. The van der Waals surface area contributed by atoms with Crippen LogP contribution < -0.4 is 5.32 Å². The number of carbonyl (C=O) groups is 1. The van der Waals surface area contributed by atoms with E-state index >= 15 is 0 Å². The molecule has 0 radical (unpaired) electrons. The second kappa shape index (κ2) is 5.73. The number of nitriles is 2. The lowest BCUT2D eigenvalue weighted by Crippen LogP contribution is -2.28. The molecule has 0 unspecified atom stereocenters. The second-order valence-electron chi connectivity index (χ2n) is 4.90. The fourth-order valence-electron chi connectivity index (χ4n) is 1.23. The van der Waals surface area contributed by atoms with Crippen LogP contribution in [-0.4, -0.2) is 5.91 Å². The summed E-state index contributed by atoms with van der Waals surface area (Å²) < 4.78 is 0.950. The van der Waals surface area contributed by atoms with Gasteiger partial charge in [0.2, 0.25) is 5.91 Å². The van der Waals surface area contributed by atoms with E-state index < -0.39 is 5.41 Å². The Morgan fingerprint density at radius 1 is 1.26 bits per heavy atom. The van der Waals surface area contributed by atoms with Gasteiger partial charge in [0, 0.05) is 9.89 Å². The van der Waals surface area contributed by atoms with Gasteiger partial charge >= 0.3 is 0 Å². The van der Waals surface area contributed by atoms with Gasteiger partial charge in [0.1, 0.15) is 12.1 Å². The van der Waals surface area contributed by atoms with E-state index in [1.165, 1.54) is 6.07 Å². The third-order valence-electron chi connectivity index (χ3n) is 2.37. The molecule has 0 heterocycles. The van der Waals surface area contributed by atoms with E-state index in [2.05, 4.69) is 37.2 Å². The SMILES string of the molecule is CC(C)(C)C(=O)Nc1c(Br)cc(C#N)c(C#N)c1Br. The summed E-state index contributed by atoms with van der Waals surface area (Å²) in [6.45, 7) is 5.37. The molecule has 0 spiro atoms. The van der Waals surface area contributed by atoms with Gasteiger partial charge in [0.25, 0.3) is 0 Å². The lowest BCUT2D eigenvalue weighted by Gasteiger charge is -2.19. The number of rotatable bonds is 1. The lowest BCUT2D eigenvalue weighted by atomic mass is 9.95. The van der Waals surface area contributed by atoms with Crippen LogP contribution in [0.3, 0.4) is 0 Å². The Balaban J connectivity index is 3.36. The number of benzene rings is 1. The van der Waals surface area contributed by atoms with Crippen LogP contribution in [0.4, 0.5) is 5.69 Å². The van der Waals surface area contributed by atoms with Gasteiger partial charge < -0.3 is 5.32 Å². The Morgan fingerprint density at radius 2 is 1.84 bits per heavy atom. The molecule has 1 aromatic carbocycles. The first-order valence-corrected chi connectivity index (χ1v) is 6.94. The van der Waals surface area contributed by atoms with Crippen LogP contribution in [0.1, 0.15) is 31.9 Å². The van der Waals surface area contributed by atoms with Crippen molar-refractivity contribution in [3.05, 3.63) is 26.1 Å². The highest BCUT2D eigenvalue weighted by Gasteiger charge is 2.24. The maximum atomic E-state index is 12.0. The van der Waals surface area contributed by atoms with Gasteiger partial charge in [-0.3, -0.25) is 4.79 Å². The van der Waals surface area contributed by atoms with Crippen LogP contribution >= 0.6 is 31.9 Å². The van der Waals surface area contributed by atoms with Crippen molar-refractivity contribution in [1.29, 1.82) is 10.5 Å². The molecule has 0 bridgehead atoms. The van der Waals surface area contributed by atoms with E-state index in [-0.39, 0.29) is 17.0 Å². The van der Waals surface area contributed by atoms with E-state index in [0.29, 0.717) is 14.6 Å². The van der Waals surface area contributed by atoms with Crippen LogP contribution in [-0.2, 0) is 4.79 Å². The number of nitrogens with zero attached hydrogens (tertiary/aromatic N) is 2. The molecule has 0 aliphatic rings. The van der Waals surface area contributed by atoms with Gasteiger partial charge in [-0.25, -0.2) is 0 Å². The molecule has 1 N–H and O–H groups in total. The molecule has 19 heavy (non-hydrogen) atoms. The highest BCUT2D eigenvalue weighted by molar-refractivity contribution is 9.11. The molecule has 0 atom stereocenters. The normalized spacial score (nSPS) is 10.5. The Bertz CT molecular complexity index is 619. The quantitative estimate of drug-likeness (QED) is 0.796. The largest absolute Gasteiger partial charge is 0.324 e. The summed E-state index contributed by atoms with van der Waals surface area (Å²) in [6, 6.07) is 5.41. The predicted octanol–water partition coefficient (Wildman–Crippen LogP) is 3.94. The molecule has 98 valence electrons. The zero-order valence-electron chi connectivity index (χ0n) is 10.6. The zero-order chi connectivity index (χ0) is 14.8. The summed E-state index contributed by atoms with van der Waals surface area (Å²) in [7, 11) is 0. The average Bonchev–Trinajstić information content (AvgIpc) is 2.32. The maximum absolute atomic E-state index is 12.0. The van der Waals surface area contributed by atoms with Crippen LogP contribution in [0.15, 0.2) is 15.0 Å². The standard InChI is InChI=1S/C13H11Br2N3O/c1-13(2,3)12(19)18-11-9(14)4-7(5-16)8(6-17)10(11)15/h4H,1-3H3,(H,18,19). The van der Waals surface area contributed by atoms with Gasteiger partial charge in [-0.15, -0.1) is 0 Å². The topological polar surface area (TPSA) is 76.7 Å². The van der Waals surface area contributed by atoms with Crippen molar-refractivity contribution in [2.45, 2.75) is 20.8 Å². The Labute approximate surface area is 128 Å². The molecule has 0 aliphatic heterocycles. The minimum atomic E-state index is -0.556. The van der Waals surface area contributed by atoms with E-state index in [4.69, 9.17) is 10.5 Å². The van der Waals surface area contributed by atoms with Gasteiger partial charge in [-0.2, -0.15) is 10.5 Å². The van der Waals surface area contributed by atoms with Gasteiger partial charge in [0.15, 0.2) is 0 Å². The maximum Gasteiger partial charge on any atom is 0.229 e. The fraction of sp³-hybridized carbons (Fsp3) is 0.308. The summed E-state index contributed by atoms with van der Waals surface area (Å²) >= 11 is 6.55. The first-order valence-electron chi connectivity index (χ1n) is 5.36. The van der Waals surface area contributed by atoms with Crippen molar-refractivity contribution < 1.29 is 4.79 Å². The monoisotopic (exact) mass is 383 g/mol. The minimum absolute atomic E-state index is 0.178. The summed E-state index contributed by atoms with van der Waals surface area (Å²) in [4.78, 5) is 12.0. The van der Waals surface area contributed by atoms with Crippen molar-refractivity contribution in [2.24, 2.45) is 5.41 Å². The van der Waals surface area contributed by atoms with Crippen LogP contribution in [0, 0.1) is 28.1 Å². The lowest BCUT2D eigenvalue weighted by molar-refractivity contribution is -0.123. The molecule has 0 saturated carbocycles. The molecule has 0 aromatic heterocycles. The molecular formula is C13H11Br2N3O. The van der Waals surface area contributed by atoms with E-state index in [0.717, 1.165) is 0 Å². The van der Waals surface area contributed by atoms with Gasteiger partial charge in [-0.1, -0.05) is 20.8 Å².